The molecule has 1 rings (SSSR count). The number of carbonyl (C=O) groups is 2. The molecule has 1 fully saturated rings. The average molecular weight is 287 g/mol. The van der Waals surface area contributed by atoms with E-state index in [1.54, 1.807) is 0 Å². The number of hydrogen-bond acceptors (Lipinski definition) is 4. The van der Waals surface area contributed by atoms with Gasteiger partial charge in [-0.15, -0.1) is 0 Å². The highest BCUT2D eigenvalue weighted by atomic mass is 32.1. The fourth-order valence-corrected chi connectivity index (χ4v) is 2.16. The third kappa shape index (κ3) is 3.87. The second-order valence-corrected chi connectivity index (χ2v) is 5.70. The number of nitrogens with two attached hydrogens (primary N) is 1. The molecule has 19 heavy (non-hydrogen) atoms. The third-order valence-electron chi connectivity index (χ3n) is 3.48. The van der Waals surface area contributed by atoms with E-state index >= 15 is 0 Å². The molecule has 0 heterocycles. The van der Waals surface area contributed by atoms with Crippen LogP contribution in [0.1, 0.15) is 27.2 Å². The molecule has 0 aromatic carbocycles. The minimum Gasteiger partial charge on any atom is -0.392 e. The zero-order valence-electron chi connectivity index (χ0n) is 11.5. The average Bonchev–Trinajstić information content (AvgIpc) is 2.34. The number of thiocarbonyl (C=S) groups is 1. The topological polar surface area (TPSA) is 93.4 Å². The first-order chi connectivity index (χ1) is 8.78. The van der Waals surface area contributed by atoms with Gasteiger partial charge in [-0.3, -0.25) is 9.59 Å². The molecule has 6 nitrogen and oxygen atoms in total. The molecule has 2 amide bonds. The highest BCUT2D eigenvalue weighted by Crippen LogP contribution is 2.42. The van der Waals surface area contributed by atoms with Crippen LogP contribution in [0.2, 0.25) is 0 Å². The lowest BCUT2D eigenvalue weighted by molar-refractivity contribution is -0.146. The van der Waals surface area contributed by atoms with Crippen molar-refractivity contribution < 1.29 is 14.3 Å². The molecule has 108 valence electrons. The van der Waals surface area contributed by atoms with Gasteiger partial charge >= 0.3 is 11.8 Å². The van der Waals surface area contributed by atoms with E-state index in [9.17, 15) is 9.59 Å². The summed E-state index contributed by atoms with van der Waals surface area (Å²) < 4.78 is 5.56. The predicted octanol–water partition coefficient (Wildman–Crippen LogP) is -0.291. The quantitative estimate of drug-likeness (QED) is 0.477. The van der Waals surface area contributed by atoms with Gasteiger partial charge in [0.05, 0.1) is 17.6 Å². The van der Waals surface area contributed by atoms with Crippen LogP contribution in [0.4, 0.5) is 0 Å². The predicted molar refractivity (Wildman–Crippen MR) is 75.5 cm³/mol. The highest BCUT2D eigenvalue weighted by Gasteiger charge is 2.49. The van der Waals surface area contributed by atoms with Crippen LogP contribution in [0, 0.1) is 5.41 Å². The van der Waals surface area contributed by atoms with E-state index in [-0.39, 0.29) is 29.1 Å². The zero-order chi connectivity index (χ0) is 14.6. The van der Waals surface area contributed by atoms with Crippen LogP contribution in [-0.2, 0) is 14.3 Å². The molecule has 2 unspecified atom stereocenters. The van der Waals surface area contributed by atoms with Gasteiger partial charge in [0.15, 0.2) is 0 Å². The van der Waals surface area contributed by atoms with Crippen molar-refractivity contribution in [2.24, 2.45) is 11.1 Å². The van der Waals surface area contributed by atoms with Gasteiger partial charge in [-0.05, 0) is 13.3 Å². The molecule has 0 aliphatic heterocycles. The third-order valence-corrected chi connectivity index (χ3v) is 3.62. The van der Waals surface area contributed by atoms with Crippen LogP contribution in [0.5, 0.6) is 0 Å². The molecule has 4 N–H and O–H groups in total. The van der Waals surface area contributed by atoms with Crippen LogP contribution in [-0.4, -0.2) is 42.1 Å². The van der Waals surface area contributed by atoms with Crippen LogP contribution in [0.15, 0.2) is 0 Å². The summed E-state index contributed by atoms with van der Waals surface area (Å²) in [6, 6.07) is -0.0628. The summed E-state index contributed by atoms with van der Waals surface area (Å²) in [7, 11) is 0. The van der Waals surface area contributed by atoms with Crippen molar-refractivity contribution in [3.63, 3.8) is 0 Å². The molecule has 0 aromatic heterocycles. The van der Waals surface area contributed by atoms with Gasteiger partial charge in [-0.1, -0.05) is 26.1 Å². The molecule has 0 aromatic rings. The van der Waals surface area contributed by atoms with Crippen molar-refractivity contribution in [3.8, 4) is 0 Å². The number of rotatable bonds is 5. The lowest BCUT2D eigenvalue weighted by atomic mass is 9.64. The smallest absolute Gasteiger partial charge is 0.309 e. The van der Waals surface area contributed by atoms with Gasteiger partial charge in [0.2, 0.25) is 0 Å². The van der Waals surface area contributed by atoms with E-state index in [1.165, 1.54) is 0 Å². The maximum absolute atomic E-state index is 11.7. The van der Waals surface area contributed by atoms with Crippen molar-refractivity contribution in [3.05, 3.63) is 0 Å². The Morgan fingerprint density at radius 3 is 2.53 bits per heavy atom. The Morgan fingerprint density at radius 1 is 1.42 bits per heavy atom. The van der Waals surface area contributed by atoms with Crippen molar-refractivity contribution in [1.82, 2.24) is 10.6 Å². The summed E-state index contributed by atoms with van der Waals surface area (Å²) in [5.74, 6) is -1.38. The van der Waals surface area contributed by atoms with Crippen molar-refractivity contribution in [1.29, 1.82) is 0 Å². The molecule has 7 heteroatoms. The van der Waals surface area contributed by atoms with Crippen molar-refractivity contribution >= 4 is 29.0 Å². The SMILES string of the molecule is CCOC1CC(NC(=O)C(=O)NCC(N)=S)C1(C)C. The first-order valence-corrected chi connectivity index (χ1v) is 6.68. The molecule has 0 radical (unpaired) electrons. The molecule has 0 bridgehead atoms. The minimum absolute atomic E-state index is 0.0250. The molecular weight excluding hydrogens is 266 g/mol. The second-order valence-electron chi connectivity index (χ2n) is 5.18. The summed E-state index contributed by atoms with van der Waals surface area (Å²) in [4.78, 5) is 23.3. The minimum atomic E-state index is -0.719. The molecule has 1 aliphatic rings. The lowest BCUT2D eigenvalue weighted by Gasteiger charge is -2.51. The lowest BCUT2D eigenvalue weighted by Crippen LogP contribution is -2.63. The van der Waals surface area contributed by atoms with Gasteiger partial charge in [-0.25, -0.2) is 0 Å². The molecule has 0 saturated heterocycles. The number of carbonyl (C=O) groups excluding carboxylic acids is 2. The first kappa shape index (κ1) is 15.8. The van der Waals surface area contributed by atoms with Crippen LogP contribution < -0.4 is 16.4 Å². The van der Waals surface area contributed by atoms with E-state index in [2.05, 4.69) is 22.9 Å². The van der Waals surface area contributed by atoms with E-state index in [1.807, 2.05) is 20.8 Å². The van der Waals surface area contributed by atoms with Gasteiger partial charge in [0.25, 0.3) is 0 Å². The molecule has 2 atom stereocenters. The fourth-order valence-electron chi connectivity index (χ4n) is 2.09. The Kier molecular flexibility index (Phi) is 5.25. The summed E-state index contributed by atoms with van der Waals surface area (Å²) in [5, 5.41) is 5.05. The normalized spacial score (nSPS) is 24.2. The van der Waals surface area contributed by atoms with Crippen molar-refractivity contribution in [2.45, 2.75) is 39.3 Å². The van der Waals surface area contributed by atoms with Crippen LogP contribution in [0.25, 0.3) is 0 Å². The van der Waals surface area contributed by atoms with Crippen molar-refractivity contribution in [2.75, 3.05) is 13.2 Å². The highest BCUT2D eigenvalue weighted by molar-refractivity contribution is 7.80. The van der Waals surface area contributed by atoms with E-state index in [0.29, 0.717) is 6.61 Å². The summed E-state index contributed by atoms with van der Waals surface area (Å²) >= 11 is 4.62. The largest absolute Gasteiger partial charge is 0.392 e. The van der Waals surface area contributed by atoms with E-state index in [4.69, 9.17) is 10.5 Å². The molecule has 0 spiro atoms. The first-order valence-electron chi connectivity index (χ1n) is 6.27. The summed E-state index contributed by atoms with van der Waals surface area (Å²) in [6.07, 6.45) is 0.831. The maximum atomic E-state index is 11.7. The van der Waals surface area contributed by atoms with E-state index in [0.717, 1.165) is 6.42 Å². The molecule has 1 saturated carbocycles. The Morgan fingerprint density at radius 2 is 2.05 bits per heavy atom. The number of ether oxygens (including phenoxy) is 1. The number of hydrogen-bond donors (Lipinski definition) is 3. The Balaban J connectivity index is 2.42. The van der Waals surface area contributed by atoms with Gasteiger partial charge in [0, 0.05) is 18.1 Å². The summed E-state index contributed by atoms with van der Waals surface area (Å²) in [5.41, 5.74) is 5.07. The Labute approximate surface area is 118 Å². The monoisotopic (exact) mass is 287 g/mol. The standard InChI is InChI=1S/C12H21N3O3S/c1-4-18-8-5-7(12(8,2)3)15-11(17)10(16)14-6-9(13)19/h7-8H,4-6H2,1-3H3,(H2,13,19)(H,14,16)(H,15,17). The zero-order valence-corrected chi connectivity index (χ0v) is 12.3. The number of nitrogens with one attached hydrogen (secondary N) is 2. The van der Waals surface area contributed by atoms with Crippen LogP contribution >= 0.6 is 12.2 Å². The fraction of sp³-hybridized carbons (Fsp3) is 0.750. The molecule has 1 aliphatic carbocycles. The maximum Gasteiger partial charge on any atom is 0.309 e. The molecular formula is C12H21N3O3S. The Hall–Kier alpha value is -1.21. The van der Waals surface area contributed by atoms with Gasteiger partial charge < -0.3 is 21.1 Å². The van der Waals surface area contributed by atoms with E-state index < -0.39 is 11.8 Å². The summed E-state index contributed by atoms with van der Waals surface area (Å²) in [6.45, 7) is 6.62. The second kappa shape index (κ2) is 6.29. The van der Waals surface area contributed by atoms with Gasteiger partial charge in [-0.2, -0.15) is 0 Å². The number of amides is 2. The van der Waals surface area contributed by atoms with Crippen LogP contribution in [0.3, 0.4) is 0 Å². The Bertz CT molecular complexity index is 384. The van der Waals surface area contributed by atoms with Gasteiger partial charge in [0.1, 0.15) is 0 Å².